The lowest BCUT2D eigenvalue weighted by molar-refractivity contribution is -0.120. The Labute approximate surface area is 209 Å². The minimum Gasteiger partial charge on any atom is -0.493 e. The van der Waals surface area contributed by atoms with Crippen molar-refractivity contribution < 1.29 is 18.7 Å². The van der Waals surface area contributed by atoms with Crippen LogP contribution in [0.4, 0.5) is 4.39 Å². The van der Waals surface area contributed by atoms with Gasteiger partial charge in [0.15, 0.2) is 0 Å². The number of halogens is 1. The minimum absolute atomic E-state index is 0.156. The maximum Gasteiger partial charge on any atom is 0.255 e. The van der Waals surface area contributed by atoms with Crippen LogP contribution < -0.4 is 15.4 Å². The van der Waals surface area contributed by atoms with E-state index in [1.54, 1.807) is 0 Å². The van der Waals surface area contributed by atoms with Crippen molar-refractivity contribution in [2.45, 2.75) is 71.1 Å². The lowest BCUT2D eigenvalue weighted by atomic mass is 9.89. The molecule has 2 saturated carbocycles. The van der Waals surface area contributed by atoms with Crippen LogP contribution in [0.3, 0.4) is 0 Å². The Morgan fingerprint density at radius 2 is 1.94 bits per heavy atom. The second-order valence-electron chi connectivity index (χ2n) is 10.1. The van der Waals surface area contributed by atoms with Crippen molar-refractivity contribution >= 4 is 22.8 Å². The summed E-state index contributed by atoms with van der Waals surface area (Å²) in [5, 5.41) is 5.64. The number of nitrogens with one attached hydrogen (secondary N) is 3. The molecular formula is C27H32FN5O3. The number of aromatic nitrogens is 3. The van der Waals surface area contributed by atoms with Gasteiger partial charge in [-0.05, 0) is 57.6 Å². The lowest BCUT2D eigenvalue weighted by Gasteiger charge is -2.32. The van der Waals surface area contributed by atoms with Gasteiger partial charge in [-0.15, -0.1) is 0 Å². The van der Waals surface area contributed by atoms with Crippen LogP contribution in [0.2, 0.25) is 0 Å². The van der Waals surface area contributed by atoms with Crippen LogP contribution in [0.25, 0.3) is 22.3 Å². The molecule has 9 heteroatoms. The zero-order chi connectivity index (χ0) is 25.4. The summed E-state index contributed by atoms with van der Waals surface area (Å²) in [7, 11) is 0. The molecule has 2 aliphatic carbocycles. The van der Waals surface area contributed by atoms with Gasteiger partial charge in [0.1, 0.15) is 29.5 Å². The van der Waals surface area contributed by atoms with Crippen molar-refractivity contribution in [1.29, 1.82) is 0 Å². The summed E-state index contributed by atoms with van der Waals surface area (Å²) in [4.78, 5) is 36.9. The summed E-state index contributed by atoms with van der Waals surface area (Å²) in [6, 6.07) is 5.19. The number of carbonyl (C=O) groups excluding carboxylic acids is 2. The first-order chi connectivity index (χ1) is 17.3. The first-order valence-corrected chi connectivity index (χ1v) is 12.6. The molecule has 3 aromatic rings. The first-order valence-electron chi connectivity index (χ1n) is 12.6. The van der Waals surface area contributed by atoms with Gasteiger partial charge in [0.2, 0.25) is 5.91 Å². The Balaban J connectivity index is 1.40. The van der Waals surface area contributed by atoms with Crippen molar-refractivity contribution in [3.63, 3.8) is 0 Å². The summed E-state index contributed by atoms with van der Waals surface area (Å²) in [5.41, 5.74) is 4.90. The zero-order valence-electron chi connectivity index (χ0n) is 20.9. The maximum absolute atomic E-state index is 14.6. The highest BCUT2D eigenvalue weighted by molar-refractivity contribution is 6.09. The number of fused-ring (bicyclic) bond motifs is 1. The van der Waals surface area contributed by atoms with E-state index in [9.17, 15) is 14.0 Å². The van der Waals surface area contributed by atoms with Crippen LogP contribution >= 0.6 is 0 Å². The van der Waals surface area contributed by atoms with E-state index >= 15 is 0 Å². The fourth-order valence-corrected chi connectivity index (χ4v) is 4.98. The number of H-pyrrole nitrogens is 1. The van der Waals surface area contributed by atoms with E-state index in [1.807, 2.05) is 32.0 Å². The number of hydrogen-bond acceptors (Lipinski definition) is 5. The van der Waals surface area contributed by atoms with Crippen molar-refractivity contribution in [1.82, 2.24) is 25.6 Å². The van der Waals surface area contributed by atoms with Crippen LogP contribution in [0.1, 0.15) is 60.6 Å². The Hall–Kier alpha value is -3.49. The van der Waals surface area contributed by atoms with Crippen LogP contribution in [-0.2, 0) is 4.79 Å². The number of nitrogens with zero attached hydrogens (tertiary/aromatic N) is 2. The van der Waals surface area contributed by atoms with Gasteiger partial charge >= 0.3 is 0 Å². The topological polar surface area (TPSA) is 109 Å². The van der Waals surface area contributed by atoms with Crippen molar-refractivity contribution in [2.75, 3.05) is 6.61 Å². The zero-order valence-corrected chi connectivity index (χ0v) is 20.9. The van der Waals surface area contributed by atoms with Gasteiger partial charge in [-0.25, -0.2) is 14.4 Å². The van der Waals surface area contributed by atoms with Crippen molar-refractivity contribution in [2.24, 2.45) is 5.92 Å². The number of amides is 2. The van der Waals surface area contributed by atoms with Crippen LogP contribution in [-0.4, -0.2) is 51.6 Å². The molecule has 0 saturated heterocycles. The predicted molar refractivity (Wildman–Crippen MR) is 135 cm³/mol. The normalized spacial score (nSPS) is 21.8. The van der Waals surface area contributed by atoms with Gasteiger partial charge in [-0.2, -0.15) is 0 Å². The number of carbonyl (C=O) groups is 2. The molecule has 3 N–H and O–H groups in total. The molecule has 0 bridgehead atoms. The molecule has 3 atom stereocenters. The van der Waals surface area contributed by atoms with Crippen molar-refractivity contribution in [3.8, 4) is 17.0 Å². The van der Waals surface area contributed by atoms with Gasteiger partial charge < -0.3 is 20.4 Å². The van der Waals surface area contributed by atoms with E-state index in [2.05, 4.69) is 25.6 Å². The van der Waals surface area contributed by atoms with Gasteiger partial charge in [0.25, 0.3) is 5.91 Å². The largest absolute Gasteiger partial charge is 0.493 e. The highest BCUT2D eigenvalue weighted by Gasteiger charge is 2.33. The van der Waals surface area contributed by atoms with E-state index in [4.69, 9.17) is 4.74 Å². The van der Waals surface area contributed by atoms with Gasteiger partial charge in [-0.3, -0.25) is 9.59 Å². The molecule has 2 aromatic heterocycles. The molecular weight excluding hydrogens is 461 g/mol. The molecule has 0 spiro atoms. The third kappa shape index (κ3) is 5.05. The monoisotopic (exact) mass is 493 g/mol. The molecule has 0 unspecified atom stereocenters. The fraction of sp³-hybridized carbons (Fsp3) is 0.481. The quantitative estimate of drug-likeness (QED) is 0.458. The van der Waals surface area contributed by atoms with E-state index < -0.39 is 12.2 Å². The molecule has 190 valence electrons. The summed E-state index contributed by atoms with van der Waals surface area (Å²) < 4.78 is 20.7. The number of aromatic amines is 1. The molecule has 2 heterocycles. The average molecular weight is 494 g/mol. The standard InChI is InChI=1S/C27H32FN5O3/c1-14-4-9-22(36-12-17-5-6-17)19(10-14)24-26-25(30-13-29-24)23(15(2)31-26)27(35)33-18-7-8-21(20(28)11-18)32-16(3)34/h4,9-10,13,17-18,20-21,31H,5-8,11-12H2,1-3H3,(H,32,34)(H,33,35)/t18-,20+,21-/m0/s1. The second kappa shape index (κ2) is 9.87. The number of ether oxygens (including phenoxy) is 1. The molecule has 1 aromatic carbocycles. The summed E-state index contributed by atoms with van der Waals surface area (Å²) in [6.07, 6.45) is 3.87. The fourth-order valence-electron chi connectivity index (χ4n) is 4.98. The van der Waals surface area contributed by atoms with Crippen LogP contribution in [0, 0.1) is 19.8 Å². The molecule has 0 aliphatic heterocycles. The molecule has 36 heavy (non-hydrogen) atoms. The van der Waals surface area contributed by atoms with Crippen LogP contribution in [0.15, 0.2) is 24.5 Å². The third-order valence-corrected chi connectivity index (χ3v) is 7.06. The molecule has 0 radical (unpaired) electrons. The highest BCUT2D eigenvalue weighted by Crippen LogP contribution is 2.37. The summed E-state index contributed by atoms with van der Waals surface area (Å²) >= 11 is 0. The Bertz CT molecular complexity index is 1300. The summed E-state index contributed by atoms with van der Waals surface area (Å²) in [5.74, 6) is 0.832. The van der Waals surface area contributed by atoms with E-state index in [0.29, 0.717) is 53.4 Å². The molecule has 2 fully saturated rings. The van der Waals surface area contributed by atoms with Crippen LogP contribution in [0.5, 0.6) is 5.75 Å². The van der Waals surface area contributed by atoms with Gasteiger partial charge in [0.05, 0.1) is 23.7 Å². The van der Waals surface area contributed by atoms with Gasteiger partial charge in [-0.1, -0.05) is 11.6 Å². The smallest absolute Gasteiger partial charge is 0.255 e. The van der Waals surface area contributed by atoms with Crippen molar-refractivity contribution in [3.05, 3.63) is 41.3 Å². The highest BCUT2D eigenvalue weighted by atomic mass is 19.1. The molecule has 5 rings (SSSR count). The summed E-state index contributed by atoms with van der Waals surface area (Å²) in [6.45, 7) is 5.91. The van der Waals surface area contributed by atoms with E-state index in [-0.39, 0.29) is 24.3 Å². The predicted octanol–water partition coefficient (Wildman–Crippen LogP) is 4.16. The Morgan fingerprint density at radius 1 is 1.14 bits per heavy atom. The number of aryl methyl sites for hydroxylation is 2. The lowest BCUT2D eigenvalue weighted by Crippen LogP contribution is -2.49. The third-order valence-electron chi connectivity index (χ3n) is 7.06. The van der Waals surface area contributed by atoms with E-state index in [1.165, 1.54) is 26.1 Å². The second-order valence-corrected chi connectivity index (χ2v) is 10.1. The Morgan fingerprint density at radius 3 is 2.67 bits per heavy atom. The number of alkyl halides is 1. The maximum atomic E-state index is 14.6. The van der Waals surface area contributed by atoms with Gasteiger partial charge in [0, 0.05) is 30.6 Å². The SMILES string of the molecule is CC(=O)N[C@H]1CC[C@H](NC(=O)c2c(C)[nH]c3c(-c4cc(C)ccc4OCC4CC4)ncnc23)C[C@H]1F. The van der Waals surface area contributed by atoms with E-state index in [0.717, 1.165) is 16.9 Å². The molecule has 2 aliphatic rings. The molecule has 8 nitrogen and oxygen atoms in total. The number of benzene rings is 1. The molecule has 2 amide bonds. The minimum atomic E-state index is -1.21. The average Bonchev–Trinajstić information content (AvgIpc) is 3.59. The first kappa shape index (κ1) is 24.2. The number of rotatable bonds is 7. The number of hydrogen-bond donors (Lipinski definition) is 3. The Kier molecular flexibility index (Phi) is 6.64.